The zero-order valence-corrected chi connectivity index (χ0v) is 13.0. The highest BCUT2D eigenvalue weighted by Crippen LogP contribution is 2.25. The molecule has 0 unspecified atom stereocenters. The van der Waals surface area contributed by atoms with Gasteiger partial charge in [-0.05, 0) is 24.3 Å². The molecule has 0 radical (unpaired) electrons. The maximum atomic E-state index is 5.65. The summed E-state index contributed by atoms with van der Waals surface area (Å²) in [4.78, 5) is 4.57. The first-order valence-corrected chi connectivity index (χ1v) is 8.69. The summed E-state index contributed by atoms with van der Waals surface area (Å²) < 4.78 is 11.0. The molecule has 3 aromatic rings. The minimum atomic E-state index is 0.712. The highest BCUT2D eigenvalue weighted by atomic mass is 32.2. The molecule has 5 heteroatoms. The van der Waals surface area contributed by atoms with Crippen LogP contribution >= 0.6 is 23.1 Å². The lowest BCUT2D eigenvalue weighted by Crippen LogP contribution is -2.00. The molecule has 2 aromatic heterocycles. The van der Waals surface area contributed by atoms with Gasteiger partial charge in [-0.2, -0.15) is 11.8 Å². The summed E-state index contributed by atoms with van der Waals surface area (Å²) in [5.74, 6) is 3.60. The monoisotopic (exact) mass is 317 g/mol. The van der Waals surface area contributed by atoms with Crippen LogP contribution in [0.4, 0.5) is 0 Å². The molecule has 0 atom stereocenters. The minimum Gasteiger partial charge on any atom is -0.493 e. The third-order valence-corrected chi connectivity index (χ3v) is 4.63. The molecular formula is C16H15NO2S2. The molecular weight excluding hydrogens is 302 g/mol. The van der Waals surface area contributed by atoms with Crippen LogP contribution in [0.15, 0.2) is 58.5 Å². The van der Waals surface area contributed by atoms with Crippen LogP contribution in [0.1, 0.15) is 5.69 Å². The van der Waals surface area contributed by atoms with E-state index in [1.165, 1.54) is 0 Å². The summed E-state index contributed by atoms with van der Waals surface area (Å²) in [6.07, 6.45) is 1.67. The van der Waals surface area contributed by atoms with Gasteiger partial charge in [0, 0.05) is 16.9 Å². The second-order valence-electron chi connectivity index (χ2n) is 4.34. The molecule has 108 valence electrons. The summed E-state index contributed by atoms with van der Waals surface area (Å²) in [5, 5.41) is 3.03. The summed E-state index contributed by atoms with van der Waals surface area (Å²) >= 11 is 3.44. The van der Waals surface area contributed by atoms with Crippen molar-refractivity contribution in [1.82, 2.24) is 4.98 Å². The lowest BCUT2D eigenvalue weighted by Gasteiger charge is -2.04. The van der Waals surface area contributed by atoms with E-state index < -0.39 is 0 Å². The van der Waals surface area contributed by atoms with E-state index in [0.717, 1.165) is 33.7 Å². The molecule has 0 fully saturated rings. The van der Waals surface area contributed by atoms with Gasteiger partial charge >= 0.3 is 0 Å². The van der Waals surface area contributed by atoms with Crippen LogP contribution in [0.25, 0.3) is 10.8 Å². The number of rotatable bonds is 7. The van der Waals surface area contributed by atoms with E-state index in [4.69, 9.17) is 9.15 Å². The number of thiazole rings is 1. The van der Waals surface area contributed by atoms with Crippen LogP contribution in [-0.2, 0) is 5.75 Å². The molecule has 3 nitrogen and oxygen atoms in total. The van der Waals surface area contributed by atoms with Crippen molar-refractivity contribution in [3.8, 4) is 16.5 Å². The van der Waals surface area contributed by atoms with Crippen LogP contribution in [0.2, 0.25) is 0 Å². The number of benzene rings is 1. The van der Waals surface area contributed by atoms with Gasteiger partial charge in [-0.15, -0.1) is 11.3 Å². The average Bonchev–Trinajstić information content (AvgIpc) is 3.19. The molecule has 21 heavy (non-hydrogen) atoms. The maximum absolute atomic E-state index is 5.65. The Labute approximate surface area is 132 Å². The number of furan rings is 1. The number of para-hydroxylation sites is 1. The van der Waals surface area contributed by atoms with E-state index in [9.17, 15) is 0 Å². The fourth-order valence-electron chi connectivity index (χ4n) is 1.80. The van der Waals surface area contributed by atoms with Crippen molar-refractivity contribution in [3.63, 3.8) is 0 Å². The van der Waals surface area contributed by atoms with E-state index >= 15 is 0 Å². The fraction of sp³-hybridized carbons (Fsp3) is 0.188. The van der Waals surface area contributed by atoms with Crippen LogP contribution < -0.4 is 4.74 Å². The first kappa shape index (κ1) is 14.2. The largest absolute Gasteiger partial charge is 0.493 e. The standard InChI is InChI=1S/C16H15NO2S2/c1-2-5-14(6-3-1)18-9-10-20-11-13-12-21-16(17-13)15-7-4-8-19-15/h1-8,12H,9-11H2. The van der Waals surface area contributed by atoms with Gasteiger partial charge in [0.2, 0.25) is 0 Å². The van der Waals surface area contributed by atoms with Crippen LogP contribution in [0, 0.1) is 0 Å². The molecule has 0 bridgehead atoms. The second kappa shape index (κ2) is 7.33. The Bertz CT molecular complexity index is 650. The molecule has 0 saturated carbocycles. The fourth-order valence-corrected chi connectivity index (χ4v) is 3.39. The summed E-state index contributed by atoms with van der Waals surface area (Å²) in [6.45, 7) is 0.712. The van der Waals surface area contributed by atoms with Gasteiger partial charge in [0.15, 0.2) is 10.8 Å². The van der Waals surface area contributed by atoms with Crippen molar-refractivity contribution in [2.75, 3.05) is 12.4 Å². The Hall–Kier alpha value is -1.72. The van der Waals surface area contributed by atoms with Crippen molar-refractivity contribution < 1.29 is 9.15 Å². The molecule has 1 aromatic carbocycles. The number of aromatic nitrogens is 1. The van der Waals surface area contributed by atoms with Crippen molar-refractivity contribution in [2.45, 2.75) is 5.75 Å². The highest BCUT2D eigenvalue weighted by molar-refractivity contribution is 7.98. The summed E-state index contributed by atoms with van der Waals surface area (Å²) in [7, 11) is 0. The lowest BCUT2D eigenvalue weighted by atomic mass is 10.3. The van der Waals surface area contributed by atoms with Crippen molar-refractivity contribution in [2.24, 2.45) is 0 Å². The Balaban J connectivity index is 1.40. The summed E-state index contributed by atoms with van der Waals surface area (Å²) in [6, 6.07) is 13.7. The lowest BCUT2D eigenvalue weighted by molar-refractivity contribution is 0.344. The van der Waals surface area contributed by atoms with Gasteiger partial charge in [-0.1, -0.05) is 18.2 Å². The Kier molecular flexibility index (Phi) is 4.97. The zero-order valence-electron chi connectivity index (χ0n) is 11.4. The average molecular weight is 317 g/mol. The second-order valence-corrected chi connectivity index (χ2v) is 6.30. The number of ether oxygens (including phenoxy) is 1. The normalized spacial score (nSPS) is 10.7. The van der Waals surface area contributed by atoms with Crippen molar-refractivity contribution >= 4 is 23.1 Å². The van der Waals surface area contributed by atoms with Crippen LogP contribution in [0.3, 0.4) is 0 Å². The predicted molar refractivity (Wildman–Crippen MR) is 87.9 cm³/mol. The maximum Gasteiger partial charge on any atom is 0.162 e. The van der Waals surface area contributed by atoms with Crippen molar-refractivity contribution in [1.29, 1.82) is 0 Å². The van der Waals surface area contributed by atoms with Crippen molar-refractivity contribution in [3.05, 3.63) is 59.8 Å². The van der Waals surface area contributed by atoms with Gasteiger partial charge in [0.25, 0.3) is 0 Å². The third-order valence-electron chi connectivity index (χ3n) is 2.77. The van der Waals surface area contributed by atoms with Gasteiger partial charge in [0.05, 0.1) is 18.6 Å². The molecule has 0 aliphatic carbocycles. The van der Waals surface area contributed by atoms with Gasteiger partial charge in [0.1, 0.15) is 5.75 Å². The molecule has 0 aliphatic heterocycles. The molecule has 0 aliphatic rings. The summed E-state index contributed by atoms with van der Waals surface area (Å²) in [5.41, 5.74) is 1.09. The van der Waals surface area contributed by atoms with Crippen LogP contribution in [0.5, 0.6) is 5.75 Å². The number of hydrogen-bond donors (Lipinski definition) is 0. The van der Waals surface area contributed by atoms with E-state index in [0.29, 0.717) is 6.61 Å². The number of hydrogen-bond acceptors (Lipinski definition) is 5. The van der Waals surface area contributed by atoms with Gasteiger partial charge in [-0.3, -0.25) is 0 Å². The quantitative estimate of drug-likeness (QED) is 0.591. The first-order chi connectivity index (χ1) is 10.4. The van der Waals surface area contributed by atoms with Crippen LogP contribution in [-0.4, -0.2) is 17.3 Å². The SMILES string of the molecule is c1ccc(OCCSCc2csc(-c3ccco3)n2)cc1. The Morgan fingerprint density at radius 3 is 2.86 bits per heavy atom. The Morgan fingerprint density at radius 2 is 2.05 bits per heavy atom. The predicted octanol–water partition coefficient (Wildman–Crippen LogP) is 4.72. The highest BCUT2D eigenvalue weighted by Gasteiger charge is 2.06. The molecule has 0 amide bonds. The van der Waals surface area contributed by atoms with E-state index in [2.05, 4.69) is 10.4 Å². The minimum absolute atomic E-state index is 0.712. The molecule has 3 rings (SSSR count). The number of thioether (sulfide) groups is 1. The van der Waals surface area contributed by atoms with E-state index in [1.807, 2.05) is 54.2 Å². The van der Waals surface area contributed by atoms with E-state index in [-0.39, 0.29) is 0 Å². The molecule has 0 spiro atoms. The van der Waals surface area contributed by atoms with Gasteiger partial charge < -0.3 is 9.15 Å². The Morgan fingerprint density at radius 1 is 1.14 bits per heavy atom. The molecule has 0 saturated heterocycles. The molecule has 2 heterocycles. The first-order valence-electron chi connectivity index (χ1n) is 6.66. The number of nitrogens with zero attached hydrogens (tertiary/aromatic N) is 1. The van der Waals surface area contributed by atoms with E-state index in [1.54, 1.807) is 17.6 Å². The van der Waals surface area contributed by atoms with Gasteiger partial charge in [-0.25, -0.2) is 4.98 Å². The topological polar surface area (TPSA) is 35.3 Å². The smallest absolute Gasteiger partial charge is 0.162 e. The molecule has 0 N–H and O–H groups in total. The zero-order chi connectivity index (χ0) is 14.3. The third kappa shape index (κ3) is 4.12.